The van der Waals surface area contributed by atoms with Gasteiger partial charge in [-0.05, 0) is 48.9 Å². The van der Waals surface area contributed by atoms with Gasteiger partial charge in [0.1, 0.15) is 0 Å². The zero-order valence-corrected chi connectivity index (χ0v) is 19.8. The second-order valence-electron chi connectivity index (χ2n) is 8.59. The van der Waals surface area contributed by atoms with E-state index in [9.17, 15) is 27.9 Å². The molecule has 0 radical (unpaired) electrons. The number of hydrogen-bond acceptors (Lipinski definition) is 4. The number of nitrogens with zero attached hydrogens (tertiary/aromatic N) is 2. The van der Waals surface area contributed by atoms with Crippen LogP contribution in [0, 0.1) is 6.92 Å². The summed E-state index contributed by atoms with van der Waals surface area (Å²) in [5.41, 5.74) is -1.55. The molecule has 0 fully saturated rings. The molecule has 0 aliphatic heterocycles. The lowest BCUT2D eigenvalue weighted by Gasteiger charge is -2.26. The minimum Gasteiger partial charge on any atom is -0.478 e. The van der Waals surface area contributed by atoms with Crippen molar-refractivity contribution in [1.82, 2.24) is 4.57 Å². The van der Waals surface area contributed by atoms with Gasteiger partial charge in [-0.25, -0.2) is 4.79 Å². The summed E-state index contributed by atoms with van der Waals surface area (Å²) in [5.74, 6) is -1.07. The first-order valence-electron chi connectivity index (χ1n) is 11.5. The molecule has 2 heterocycles. The SMILES string of the molecule is CCN(c1ccccc1C(=O)O)c1cc(C(F)(F)F)cc2c(=O)c(C)c(-n3cc4ccccc4c3)oc12. The van der Waals surface area contributed by atoms with Gasteiger partial charge in [0.25, 0.3) is 0 Å². The van der Waals surface area contributed by atoms with E-state index in [2.05, 4.69) is 0 Å². The lowest BCUT2D eigenvalue weighted by atomic mass is 10.0. The third-order valence-electron chi connectivity index (χ3n) is 6.32. The summed E-state index contributed by atoms with van der Waals surface area (Å²) in [6.07, 6.45) is -1.20. The molecule has 0 unspecified atom stereocenters. The number of aromatic carboxylic acids is 1. The second-order valence-corrected chi connectivity index (χ2v) is 8.59. The summed E-state index contributed by atoms with van der Waals surface area (Å²) < 4.78 is 49.6. The Morgan fingerprint density at radius 2 is 1.62 bits per heavy atom. The quantitative estimate of drug-likeness (QED) is 0.280. The van der Waals surface area contributed by atoms with Crippen molar-refractivity contribution in [2.75, 3.05) is 11.4 Å². The molecular formula is C28H21F3N2O4. The maximum absolute atomic E-state index is 13.9. The van der Waals surface area contributed by atoms with Gasteiger partial charge in [-0.3, -0.25) is 9.36 Å². The summed E-state index contributed by atoms with van der Waals surface area (Å²) >= 11 is 0. The summed E-state index contributed by atoms with van der Waals surface area (Å²) in [4.78, 5) is 26.8. The molecule has 3 aromatic carbocycles. The first-order valence-corrected chi connectivity index (χ1v) is 11.5. The molecule has 0 spiro atoms. The number of carbonyl (C=O) groups is 1. The third-order valence-corrected chi connectivity index (χ3v) is 6.32. The number of carboxylic acid groups (broad SMARTS) is 1. The van der Waals surface area contributed by atoms with Crippen molar-refractivity contribution in [2.24, 2.45) is 0 Å². The fourth-order valence-corrected chi connectivity index (χ4v) is 4.53. The van der Waals surface area contributed by atoms with Crippen LogP contribution in [0.15, 0.2) is 82.3 Å². The van der Waals surface area contributed by atoms with Gasteiger partial charge in [0.05, 0.1) is 33.5 Å². The van der Waals surface area contributed by atoms with Crippen LogP contribution in [0.4, 0.5) is 24.5 Å². The molecule has 0 amide bonds. The van der Waals surface area contributed by atoms with Crippen molar-refractivity contribution in [1.29, 1.82) is 0 Å². The molecule has 37 heavy (non-hydrogen) atoms. The largest absolute Gasteiger partial charge is 0.478 e. The molecule has 9 heteroatoms. The molecule has 2 aromatic heterocycles. The Labute approximate surface area is 208 Å². The van der Waals surface area contributed by atoms with Crippen molar-refractivity contribution < 1.29 is 27.5 Å². The average molecular weight is 506 g/mol. The minimum absolute atomic E-state index is 0.0592. The fraction of sp³-hybridized carbons (Fsp3) is 0.143. The Bertz CT molecular complexity index is 1700. The molecule has 0 saturated heterocycles. The van der Waals surface area contributed by atoms with Crippen LogP contribution in [0.1, 0.15) is 28.4 Å². The molecule has 0 saturated carbocycles. The third kappa shape index (κ3) is 4.12. The Kier molecular flexibility index (Phi) is 5.78. The van der Waals surface area contributed by atoms with Gasteiger partial charge in [0, 0.05) is 18.9 Å². The Morgan fingerprint density at radius 3 is 2.22 bits per heavy atom. The highest BCUT2D eigenvalue weighted by Gasteiger charge is 2.34. The molecule has 0 atom stereocenters. The number of benzene rings is 3. The van der Waals surface area contributed by atoms with Crippen LogP contribution in [-0.4, -0.2) is 22.2 Å². The van der Waals surface area contributed by atoms with Crippen LogP contribution in [0.5, 0.6) is 0 Å². The van der Waals surface area contributed by atoms with Gasteiger partial charge >= 0.3 is 12.1 Å². The zero-order valence-electron chi connectivity index (χ0n) is 19.8. The van der Waals surface area contributed by atoms with E-state index in [1.807, 2.05) is 24.3 Å². The highest BCUT2D eigenvalue weighted by molar-refractivity contribution is 5.99. The predicted octanol–water partition coefficient (Wildman–Crippen LogP) is 6.92. The number of para-hydroxylation sites is 1. The lowest BCUT2D eigenvalue weighted by Crippen LogP contribution is -2.21. The van der Waals surface area contributed by atoms with E-state index in [0.717, 1.165) is 22.9 Å². The summed E-state index contributed by atoms with van der Waals surface area (Å²) in [6, 6.07) is 15.2. The average Bonchev–Trinajstić information content (AvgIpc) is 3.30. The van der Waals surface area contributed by atoms with Crippen LogP contribution in [-0.2, 0) is 6.18 Å². The number of anilines is 2. The van der Waals surface area contributed by atoms with E-state index in [4.69, 9.17) is 4.42 Å². The number of rotatable bonds is 5. The van der Waals surface area contributed by atoms with Crippen LogP contribution in [0.2, 0.25) is 0 Å². The van der Waals surface area contributed by atoms with Crippen LogP contribution in [0.25, 0.3) is 27.6 Å². The van der Waals surface area contributed by atoms with E-state index < -0.39 is 23.1 Å². The van der Waals surface area contributed by atoms with Crippen molar-refractivity contribution in [3.05, 3.63) is 100.0 Å². The highest BCUT2D eigenvalue weighted by atomic mass is 19.4. The number of aromatic nitrogens is 1. The maximum Gasteiger partial charge on any atom is 0.416 e. The molecule has 5 aromatic rings. The van der Waals surface area contributed by atoms with Gasteiger partial charge in [-0.1, -0.05) is 36.4 Å². The summed E-state index contributed by atoms with van der Waals surface area (Å²) in [7, 11) is 0. The van der Waals surface area contributed by atoms with Crippen LogP contribution >= 0.6 is 0 Å². The maximum atomic E-state index is 13.9. The monoisotopic (exact) mass is 506 g/mol. The van der Waals surface area contributed by atoms with Gasteiger partial charge < -0.3 is 14.4 Å². The topological polar surface area (TPSA) is 75.7 Å². The molecule has 5 rings (SSSR count). The van der Waals surface area contributed by atoms with Gasteiger partial charge in [0.2, 0.25) is 5.88 Å². The number of fused-ring (bicyclic) bond motifs is 2. The summed E-state index contributed by atoms with van der Waals surface area (Å²) in [5, 5.41) is 11.3. The molecular weight excluding hydrogens is 485 g/mol. The molecule has 0 bridgehead atoms. The summed E-state index contributed by atoms with van der Waals surface area (Å²) in [6.45, 7) is 3.29. The van der Waals surface area contributed by atoms with Crippen molar-refractivity contribution >= 4 is 39.1 Å². The van der Waals surface area contributed by atoms with Gasteiger partial charge in [0.15, 0.2) is 11.0 Å². The van der Waals surface area contributed by atoms with E-state index in [0.29, 0.717) is 0 Å². The number of alkyl halides is 3. The Morgan fingerprint density at radius 1 is 1.00 bits per heavy atom. The van der Waals surface area contributed by atoms with Gasteiger partial charge in [-0.2, -0.15) is 13.2 Å². The lowest BCUT2D eigenvalue weighted by molar-refractivity contribution is -0.137. The number of hydrogen-bond donors (Lipinski definition) is 1. The van der Waals surface area contributed by atoms with E-state index in [1.54, 1.807) is 30.0 Å². The van der Waals surface area contributed by atoms with Crippen LogP contribution < -0.4 is 10.3 Å². The van der Waals surface area contributed by atoms with Gasteiger partial charge in [-0.15, -0.1) is 0 Å². The molecule has 6 nitrogen and oxygen atoms in total. The van der Waals surface area contributed by atoms with Crippen molar-refractivity contribution in [3.63, 3.8) is 0 Å². The van der Waals surface area contributed by atoms with E-state index >= 15 is 0 Å². The first kappa shape index (κ1) is 24.2. The number of halogens is 3. The van der Waals surface area contributed by atoms with E-state index in [-0.39, 0.29) is 45.9 Å². The molecule has 0 aliphatic rings. The second kappa shape index (κ2) is 8.85. The van der Waals surface area contributed by atoms with E-state index in [1.165, 1.54) is 30.0 Å². The first-order chi connectivity index (χ1) is 17.6. The van der Waals surface area contributed by atoms with Crippen LogP contribution in [0.3, 0.4) is 0 Å². The zero-order chi connectivity index (χ0) is 26.5. The molecule has 1 N–H and O–H groups in total. The van der Waals surface area contributed by atoms with Crippen molar-refractivity contribution in [3.8, 4) is 5.88 Å². The minimum atomic E-state index is -4.74. The Balaban J connectivity index is 1.86. The number of carboxylic acids is 1. The standard InChI is InChI=1S/C28H21F3N2O4/c1-3-33(22-11-7-6-10-20(22)27(35)36)23-13-19(28(29,30)31)12-21-24(34)16(2)26(37-25(21)23)32-14-17-8-4-5-9-18(17)15-32/h4-15H,3H2,1-2H3,(H,35,36). The predicted molar refractivity (Wildman–Crippen MR) is 135 cm³/mol. The molecule has 188 valence electrons. The molecule has 0 aliphatic carbocycles. The smallest absolute Gasteiger partial charge is 0.416 e. The van der Waals surface area contributed by atoms with Crippen molar-refractivity contribution in [2.45, 2.75) is 20.0 Å². The fourth-order valence-electron chi connectivity index (χ4n) is 4.53. The Hall–Kier alpha value is -4.53. The highest BCUT2D eigenvalue weighted by Crippen LogP contribution is 2.40. The normalized spacial score (nSPS) is 11.8.